The zero-order valence-corrected chi connectivity index (χ0v) is 21.9. The lowest BCUT2D eigenvalue weighted by atomic mass is 10.1. The van der Waals surface area contributed by atoms with Gasteiger partial charge in [-0.3, -0.25) is 4.79 Å². The highest BCUT2D eigenvalue weighted by molar-refractivity contribution is 9.10. The van der Waals surface area contributed by atoms with Crippen LogP contribution in [-0.4, -0.2) is 30.2 Å². The van der Waals surface area contributed by atoms with E-state index in [2.05, 4.69) is 44.7 Å². The summed E-state index contributed by atoms with van der Waals surface area (Å²) in [5.41, 5.74) is 5.93. The van der Waals surface area contributed by atoms with Crippen molar-refractivity contribution in [3.8, 4) is 17.6 Å². The van der Waals surface area contributed by atoms with Crippen molar-refractivity contribution < 1.29 is 14.3 Å². The lowest BCUT2D eigenvalue weighted by molar-refractivity contribution is -0.123. The summed E-state index contributed by atoms with van der Waals surface area (Å²) in [6.45, 7) is 0.164. The van der Waals surface area contributed by atoms with Gasteiger partial charge in [0.2, 0.25) is 0 Å². The largest absolute Gasteiger partial charge is 0.488 e. The molecule has 9 heteroatoms. The highest BCUT2D eigenvalue weighted by atomic mass is 79.9. The van der Waals surface area contributed by atoms with Crippen molar-refractivity contribution in [1.82, 2.24) is 5.43 Å². The molecule has 0 spiro atoms. The number of nitrogens with zero attached hydrogens (tertiary/aromatic N) is 2. The number of hydrogen-bond donors (Lipinski definition) is 1. The molecule has 3 aromatic carbocycles. The topological polar surface area (TPSA) is 83.7 Å². The zero-order valence-electron chi connectivity index (χ0n) is 18.6. The first-order valence-electron chi connectivity index (χ1n) is 10.8. The Bertz CT molecular complexity index is 1240. The molecule has 4 rings (SSSR count). The zero-order chi connectivity index (χ0) is 24.5. The third kappa shape index (κ3) is 7.28. The van der Waals surface area contributed by atoms with Crippen molar-refractivity contribution in [2.24, 2.45) is 5.10 Å². The Kier molecular flexibility index (Phi) is 9.12. The summed E-state index contributed by atoms with van der Waals surface area (Å²) in [5, 5.41) is 13.2. The quantitative estimate of drug-likeness (QED) is 0.255. The van der Waals surface area contributed by atoms with E-state index in [-0.39, 0.29) is 19.1 Å². The molecule has 1 saturated heterocycles. The maximum Gasteiger partial charge on any atom is 0.277 e. The van der Waals surface area contributed by atoms with Gasteiger partial charge in [0.05, 0.1) is 26.9 Å². The van der Waals surface area contributed by atoms with Gasteiger partial charge in [0.15, 0.2) is 6.61 Å². The molecule has 1 fully saturated rings. The van der Waals surface area contributed by atoms with Crippen LogP contribution in [0.15, 0.2) is 76.3 Å². The maximum atomic E-state index is 12.1. The number of carbonyl (C=O) groups is 1. The smallest absolute Gasteiger partial charge is 0.277 e. The molecule has 35 heavy (non-hydrogen) atoms. The third-order valence-electron chi connectivity index (χ3n) is 5.02. The average Bonchev–Trinajstić information content (AvgIpc) is 3.43. The summed E-state index contributed by atoms with van der Waals surface area (Å²) >= 11 is 7.40. The highest BCUT2D eigenvalue weighted by Crippen LogP contribution is 2.45. The number of ether oxygens (including phenoxy) is 2. The van der Waals surface area contributed by atoms with Crippen molar-refractivity contribution in [3.63, 3.8) is 0 Å². The second-order valence-electron chi connectivity index (χ2n) is 7.47. The molecule has 1 aliphatic rings. The van der Waals surface area contributed by atoms with Crippen LogP contribution in [0.1, 0.15) is 26.8 Å². The van der Waals surface area contributed by atoms with E-state index in [1.807, 2.05) is 66.0 Å². The van der Waals surface area contributed by atoms with Crippen molar-refractivity contribution in [3.05, 3.63) is 93.5 Å². The molecule has 178 valence electrons. The van der Waals surface area contributed by atoms with E-state index in [0.717, 1.165) is 15.6 Å². The lowest BCUT2D eigenvalue weighted by Gasteiger charge is -2.10. The first kappa shape index (κ1) is 25.2. The standard InChI is InChI=1S/C26H22BrN3O3S2/c27-23-13-18(5-10-24(23)33-16-21-4-2-1-3-20(21)14-28)15-29-30-25(31)17-32-22-8-6-19(7-9-22)26-34-11-12-35-26/h1-10,13,15,26H,11-12,16-17H2,(H,30,31)/b29-15-. The van der Waals surface area contributed by atoms with Gasteiger partial charge < -0.3 is 9.47 Å². The normalized spacial score (nSPS) is 13.5. The summed E-state index contributed by atoms with van der Waals surface area (Å²) in [7, 11) is 0. The van der Waals surface area contributed by atoms with Crippen LogP contribution in [-0.2, 0) is 11.4 Å². The van der Waals surface area contributed by atoms with Crippen molar-refractivity contribution in [2.75, 3.05) is 18.1 Å². The first-order chi connectivity index (χ1) is 17.1. The molecule has 1 N–H and O–H groups in total. The molecule has 0 aromatic heterocycles. The third-order valence-corrected chi connectivity index (χ3v) is 8.75. The summed E-state index contributed by atoms with van der Waals surface area (Å²) in [5.74, 6) is 3.31. The van der Waals surface area contributed by atoms with Crippen molar-refractivity contribution in [2.45, 2.75) is 11.2 Å². The van der Waals surface area contributed by atoms with Crippen LogP contribution in [0.2, 0.25) is 0 Å². The van der Waals surface area contributed by atoms with Crippen LogP contribution in [0.4, 0.5) is 0 Å². The highest BCUT2D eigenvalue weighted by Gasteiger charge is 2.18. The number of amides is 1. The van der Waals surface area contributed by atoms with Crippen LogP contribution in [0.5, 0.6) is 11.5 Å². The Balaban J connectivity index is 1.23. The molecule has 1 amide bonds. The minimum absolute atomic E-state index is 0.121. The minimum Gasteiger partial charge on any atom is -0.488 e. The molecule has 0 atom stereocenters. The van der Waals surface area contributed by atoms with Crippen LogP contribution < -0.4 is 14.9 Å². The van der Waals surface area contributed by atoms with Crippen molar-refractivity contribution >= 4 is 51.6 Å². The molecule has 6 nitrogen and oxygen atoms in total. The number of halogens is 1. The van der Waals surface area contributed by atoms with Crippen LogP contribution in [0.3, 0.4) is 0 Å². The van der Waals surface area contributed by atoms with E-state index in [1.165, 1.54) is 17.1 Å². The fraction of sp³-hybridized carbons (Fsp3) is 0.192. The Morgan fingerprint density at radius 3 is 2.63 bits per heavy atom. The Labute approximate surface area is 221 Å². The van der Waals surface area contributed by atoms with E-state index >= 15 is 0 Å². The average molecular weight is 569 g/mol. The molecular weight excluding hydrogens is 546 g/mol. The second kappa shape index (κ2) is 12.7. The van der Waals surface area contributed by atoms with Crippen LogP contribution >= 0.6 is 39.5 Å². The summed E-state index contributed by atoms with van der Waals surface area (Å²) in [6.07, 6.45) is 1.54. The molecule has 0 unspecified atom stereocenters. The summed E-state index contributed by atoms with van der Waals surface area (Å²) < 4.78 is 12.6. The molecule has 0 aliphatic carbocycles. The van der Waals surface area contributed by atoms with Crippen LogP contribution in [0.25, 0.3) is 0 Å². The fourth-order valence-electron chi connectivity index (χ4n) is 3.26. The molecule has 0 radical (unpaired) electrons. The Hall–Kier alpha value is -2.93. The maximum absolute atomic E-state index is 12.1. The first-order valence-corrected chi connectivity index (χ1v) is 13.7. The molecule has 3 aromatic rings. The number of rotatable bonds is 9. The number of benzene rings is 3. The second-order valence-corrected chi connectivity index (χ2v) is 11.1. The van der Waals surface area contributed by atoms with Gasteiger partial charge in [-0.1, -0.05) is 30.3 Å². The van der Waals surface area contributed by atoms with Crippen LogP contribution in [0, 0.1) is 11.3 Å². The molecule has 1 aliphatic heterocycles. The monoisotopic (exact) mass is 567 g/mol. The number of nitrogens with one attached hydrogen (secondary N) is 1. The predicted molar refractivity (Wildman–Crippen MR) is 145 cm³/mol. The lowest BCUT2D eigenvalue weighted by Crippen LogP contribution is -2.24. The number of thioether (sulfide) groups is 2. The Morgan fingerprint density at radius 2 is 1.89 bits per heavy atom. The molecule has 0 bridgehead atoms. The van der Waals surface area contributed by atoms with Gasteiger partial charge >= 0.3 is 0 Å². The van der Waals surface area contributed by atoms with E-state index in [0.29, 0.717) is 21.6 Å². The number of carbonyl (C=O) groups excluding carboxylic acids is 1. The van der Waals surface area contributed by atoms with Gasteiger partial charge in [0.25, 0.3) is 5.91 Å². The Morgan fingerprint density at radius 1 is 1.11 bits per heavy atom. The van der Waals surface area contributed by atoms with E-state index in [9.17, 15) is 10.1 Å². The fourth-order valence-corrected chi connectivity index (χ4v) is 6.63. The van der Waals surface area contributed by atoms with E-state index in [4.69, 9.17) is 9.47 Å². The number of nitriles is 1. The van der Waals surface area contributed by atoms with Crippen molar-refractivity contribution in [1.29, 1.82) is 5.26 Å². The van der Waals surface area contributed by atoms with Gasteiger partial charge in [-0.05, 0) is 63.5 Å². The van der Waals surface area contributed by atoms with E-state index in [1.54, 1.807) is 18.3 Å². The van der Waals surface area contributed by atoms with E-state index < -0.39 is 0 Å². The molecular formula is C26H22BrN3O3S2. The molecule has 0 saturated carbocycles. The minimum atomic E-state index is -0.345. The number of hydrogen-bond acceptors (Lipinski definition) is 7. The van der Waals surface area contributed by atoms with Gasteiger partial charge in [-0.25, -0.2) is 5.43 Å². The summed E-state index contributed by atoms with van der Waals surface area (Å²) in [6, 6.07) is 22.8. The van der Waals surface area contributed by atoms with Gasteiger partial charge in [-0.15, -0.1) is 23.5 Å². The summed E-state index contributed by atoms with van der Waals surface area (Å²) in [4.78, 5) is 12.1. The number of hydrazone groups is 1. The van der Waals surface area contributed by atoms with Gasteiger partial charge in [0, 0.05) is 17.1 Å². The SMILES string of the molecule is N#Cc1ccccc1COc1ccc(/C=N\NC(=O)COc2ccc(C3SCCS3)cc2)cc1Br. The predicted octanol–water partition coefficient (Wildman–Crippen LogP) is 5.91. The van der Waals surface area contributed by atoms with Gasteiger partial charge in [0.1, 0.15) is 18.1 Å². The van der Waals surface area contributed by atoms with Gasteiger partial charge in [-0.2, -0.15) is 10.4 Å². The molecule has 1 heterocycles.